The van der Waals surface area contributed by atoms with Gasteiger partial charge >= 0.3 is 0 Å². The molecule has 0 bridgehead atoms. The number of benzene rings is 1. The average molecular weight is 262 g/mol. The van der Waals surface area contributed by atoms with E-state index in [0.717, 1.165) is 12.2 Å². The highest BCUT2D eigenvalue weighted by molar-refractivity contribution is 5.87. The summed E-state index contributed by atoms with van der Waals surface area (Å²) < 4.78 is 0. The molecule has 104 valence electrons. The number of para-hydroxylation sites is 1. The molecule has 4 heteroatoms. The number of hydrogen-bond donors (Lipinski definition) is 2. The van der Waals surface area contributed by atoms with Gasteiger partial charge in [-0.3, -0.25) is 4.79 Å². The van der Waals surface area contributed by atoms with Crippen LogP contribution in [-0.4, -0.2) is 36.8 Å². The van der Waals surface area contributed by atoms with Gasteiger partial charge in [0.05, 0.1) is 6.61 Å². The minimum Gasteiger partial charge on any atom is -0.394 e. The Balaban J connectivity index is 2.43. The van der Waals surface area contributed by atoms with Crippen molar-refractivity contribution >= 4 is 11.6 Å². The number of hydrogen-bond acceptors (Lipinski definition) is 3. The Morgan fingerprint density at radius 3 is 2.68 bits per heavy atom. The molecule has 1 atom stereocenters. The second-order valence-electron chi connectivity index (χ2n) is 5.95. The number of carbonyl (C=O) groups excluding carboxylic acids is 1. The summed E-state index contributed by atoms with van der Waals surface area (Å²) in [5.41, 5.74) is 2.25. The van der Waals surface area contributed by atoms with Crippen LogP contribution in [0.2, 0.25) is 0 Å². The molecule has 1 fully saturated rings. The summed E-state index contributed by atoms with van der Waals surface area (Å²) in [4.78, 5) is 13.9. The molecule has 1 aromatic rings. The van der Waals surface area contributed by atoms with Crippen LogP contribution in [0.3, 0.4) is 0 Å². The highest BCUT2D eigenvalue weighted by Crippen LogP contribution is 2.33. The summed E-state index contributed by atoms with van der Waals surface area (Å²) in [5.74, 6) is -0.0996. The predicted octanol–water partition coefficient (Wildman–Crippen LogP) is 1.28. The molecule has 1 aliphatic rings. The van der Waals surface area contributed by atoms with Gasteiger partial charge in [-0.15, -0.1) is 0 Å². The SMILES string of the molecule is CC(C)(C)c1ccccc1N1CCNC(=O)C1CO. The van der Waals surface area contributed by atoms with Crippen molar-refractivity contribution in [2.24, 2.45) is 0 Å². The summed E-state index contributed by atoms with van der Waals surface area (Å²) in [6.07, 6.45) is 0. The Morgan fingerprint density at radius 2 is 2.05 bits per heavy atom. The number of anilines is 1. The molecule has 1 heterocycles. The number of aliphatic hydroxyl groups is 1. The number of nitrogens with zero attached hydrogens (tertiary/aromatic N) is 1. The van der Waals surface area contributed by atoms with Gasteiger partial charge < -0.3 is 15.3 Å². The van der Waals surface area contributed by atoms with Crippen molar-refractivity contribution in [2.45, 2.75) is 32.2 Å². The summed E-state index contributed by atoms with van der Waals surface area (Å²) in [6.45, 7) is 7.65. The molecule has 0 aliphatic carbocycles. The first-order valence-corrected chi connectivity index (χ1v) is 6.70. The average Bonchev–Trinajstić information content (AvgIpc) is 2.37. The van der Waals surface area contributed by atoms with Gasteiger partial charge in [-0.2, -0.15) is 0 Å². The topological polar surface area (TPSA) is 52.6 Å². The maximum Gasteiger partial charge on any atom is 0.245 e. The molecule has 1 unspecified atom stereocenters. The van der Waals surface area contributed by atoms with Crippen LogP contribution in [0.5, 0.6) is 0 Å². The van der Waals surface area contributed by atoms with Gasteiger partial charge in [0.15, 0.2) is 0 Å². The molecule has 4 nitrogen and oxygen atoms in total. The monoisotopic (exact) mass is 262 g/mol. The number of nitrogens with one attached hydrogen (secondary N) is 1. The highest BCUT2D eigenvalue weighted by Gasteiger charge is 2.31. The fourth-order valence-electron chi connectivity index (χ4n) is 2.54. The van der Waals surface area contributed by atoms with E-state index in [1.807, 2.05) is 23.1 Å². The largest absolute Gasteiger partial charge is 0.394 e. The van der Waals surface area contributed by atoms with Crippen molar-refractivity contribution in [2.75, 3.05) is 24.6 Å². The summed E-state index contributed by atoms with van der Waals surface area (Å²) in [6, 6.07) is 7.63. The fraction of sp³-hybridized carbons (Fsp3) is 0.533. The van der Waals surface area contributed by atoms with Crippen LogP contribution in [0.15, 0.2) is 24.3 Å². The van der Waals surface area contributed by atoms with Gasteiger partial charge in [-0.25, -0.2) is 0 Å². The number of rotatable bonds is 2. The third kappa shape index (κ3) is 2.73. The Labute approximate surface area is 114 Å². The normalized spacial score (nSPS) is 20.3. The third-order valence-corrected chi connectivity index (χ3v) is 3.53. The van der Waals surface area contributed by atoms with E-state index in [2.05, 4.69) is 32.2 Å². The van der Waals surface area contributed by atoms with Crippen molar-refractivity contribution in [3.8, 4) is 0 Å². The van der Waals surface area contributed by atoms with Crippen LogP contribution in [0, 0.1) is 0 Å². The van der Waals surface area contributed by atoms with Crippen molar-refractivity contribution in [3.05, 3.63) is 29.8 Å². The molecule has 0 spiro atoms. The minimum absolute atomic E-state index is 0.00449. The number of piperazine rings is 1. The van der Waals surface area contributed by atoms with Crippen LogP contribution in [-0.2, 0) is 10.2 Å². The first-order valence-electron chi connectivity index (χ1n) is 6.70. The molecule has 2 N–H and O–H groups in total. The smallest absolute Gasteiger partial charge is 0.245 e. The van der Waals surface area contributed by atoms with Crippen LogP contribution in [0.4, 0.5) is 5.69 Å². The summed E-state index contributed by atoms with van der Waals surface area (Å²) in [7, 11) is 0. The van der Waals surface area contributed by atoms with E-state index < -0.39 is 6.04 Å². The lowest BCUT2D eigenvalue weighted by Crippen LogP contribution is -2.57. The van der Waals surface area contributed by atoms with Crippen molar-refractivity contribution < 1.29 is 9.90 Å². The highest BCUT2D eigenvalue weighted by atomic mass is 16.3. The van der Waals surface area contributed by atoms with Crippen molar-refractivity contribution in [1.29, 1.82) is 0 Å². The third-order valence-electron chi connectivity index (χ3n) is 3.53. The Kier molecular flexibility index (Phi) is 3.80. The van der Waals surface area contributed by atoms with Crippen LogP contribution < -0.4 is 10.2 Å². The predicted molar refractivity (Wildman–Crippen MR) is 76.4 cm³/mol. The van der Waals surface area contributed by atoms with E-state index in [1.54, 1.807) is 0 Å². The Hall–Kier alpha value is -1.55. The van der Waals surface area contributed by atoms with E-state index in [0.29, 0.717) is 6.54 Å². The van der Waals surface area contributed by atoms with E-state index >= 15 is 0 Å². The Morgan fingerprint density at radius 1 is 1.37 bits per heavy atom. The summed E-state index contributed by atoms with van der Waals surface area (Å²) in [5, 5.41) is 12.3. The standard InChI is InChI=1S/C15H22N2O2/c1-15(2,3)11-6-4-5-7-12(11)17-9-8-16-14(19)13(17)10-18/h4-7,13,18H,8-10H2,1-3H3,(H,16,19). The summed E-state index contributed by atoms with van der Waals surface area (Å²) >= 11 is 0. The fourth-order valence-corrected chi connectivity index (χ4v) is 2.54. The molecule has 19 heavy (non-hydrogen) atoms. The lowest BCUT2D eigenvalue weighted by molar-refractivity contribution is -0.124. The zero-order valence-corrected chi connectivity index (χ0v) is 11.8. The van der Waals surface area contributed by atoms with Crippen molar-refractivity contribution in [1.82, 2.24) is 5.32 Å². The maximum absolute atomic E-state index is 11.9. The molecule has 2 rings (SSSR count). The lowest BCUT2D eigenvalue weighted by atomic mass is 9.85. The van der Waals surface area contributed by atoms with Gasteiger partial charge in [0, 0.05) is 18.8 Å². The quantitative estimate of drug-likeness (QED) is 0.844. The van der Waals surface area contributed by atoms with Crippen LogP contribution in [0.1, 0.15) is 26.3 Å². The molecule has 0 aromatic heterocycles. The van der Waals surface area contributed by atoms with Gasteiger partial charge in [-0.05, 0) is 17.0 Å². The maximum atomic E-state index is 11.9. The second kappa shape index (κ2) is 5.21. The molecule has 0 saturated carbocycles. The number of amides is 1. The zero-order valence-electron chi connectivity index (χ0n) is 11.8. The molecular weight excluding hydrogens is 240 g/mol. The molecule has 1 saturated heterocycles. The van der Waals surface area contributed by atoms with Gasteiger partial charge in [0.25, 0.3) is 0 Å². The molecule has 1 aliphatic heterocycles. The Bertz CT molecular complexity index is 465. The molecule has 1 amide bonds. The number of carbonyl (C=O) groups is 1. The van der Waals surface area contributed by atoms with Gasteiger partial charge in [0.2, 0.25) is 5.91 Å². The van der Waals surface area contributed by atoms with E-state index in [9.17, 15) is 9.90 Å². The lowest BCUT2D eigenvalue weighted by Gasteiger charge is -2.38. The van der Waals surface area contributed by atoms with Crippen LogP contribution in [0.25, 0.3) is 0 Å². The van der Waals surface area contributed by atoms with Gasteiger partial charge in [0.1, 0.15) is 6.04 Å². The van der Waals surface area contributed by atoms with Crippen molar-refractivity contribution in [3.63, 3.8) is 0 Å². The molecule has 1 aromatic carbocycles. The molecule has 0 radical (unpaired) electrons. The first kappa shape index (κ1) is 13.9. The first-order chi connectivity index (χ1) is 8.95. The van der Waals surface area contributed by atoms with E-state index in [-0.39, 0.29) is 17.9 Å². The van der Waals surface area contributed by atoms with E-state index in [1.165, 1.54) is 5.56 Å². The number of aliphatic hydroxyl groups excluding tert-OH is 1. The van der Waals surface area contributed by atoms with Crippen LogP contribution >= 0.6 is 0 Å². The molecular formula is C15H22N2O2. The zero-order chi connectivity index (χ0) is 14.0. The van der Waals surface area contributed by atoms with E-state index in [4.69, 9.17) is 0 Å². The minimum atomic E-state index is -0.489. The van der Waals surface area contributed by atoms with Gasteiger partial charge in [-0.1, -0.05) is 39.0 Å². The second-order valence-corrected chi connectivity index (χ2v) is 5.95.